The van der Waals surface area contributed by atoms with Gasteiger partial charge in [-0.1, -0.05) is 12.1 Å². The molecule has 2 N–H and O–H groups in total. The first kappa shape index (κ1) is 16.9. The van der Waals surface area contributed by atoms with Crippen molar-refractivity contribution in [2.75, 3.05) is 46.8 Å². The molecule has 0 saturated carbocycles. The summed E-state index contributed by atoms with van der Waals surface area (Å²) >= 11 is 0. The van der Waals surface area contributed by atoms with Crippen LogP contribution in [0.3, 0.4) is 0 Å². The molecule has 1 rings (SSSR count). The highest BCUT2D eigenvalue weighted by atomic mass is 16.6. The quantitative estimate of drug-likeness (QED) is 0.627. The highest BCUT2D eigenvalue weighted by molar-refractivity contribution is 5.30. The van der Waals surface area contributed by atoms with Crippen molar-refractivity contribution in [3.63, 3.8) is 0 Å². The first-order chi connectivity index (χ1) is 9.74. The molecule has 0 spiro atoms. The van der Waals surface area contributed by atoms with E-state index in [2.05, 4.69) is 0 Å². The van der Waals surface area contributed by atoms with Crippen LogP contribution in [0, 0.1) is 0 Å². The Bertz CT molecular complexity index is 357. The largest absolute Gasteiger partial charge is 0.491 e. The van der Waals surface area contributed by atoms with Gasteiger partial charge in [-0.2, -0.15) is 0 Å². The third-order valence-electron chi connectivity index (χ3n) is 2.68. The van der Waals surface area contributed by atoms with Crippen LogP contribution in [-0.2, 0) is 14.2 Å². The fourth-order valence-corrected chi connectivity index (χ4v) is 1.57. The molecule has 1 unspecified atom stereocenters. The molecule has 0 bridgehead atoms. The van der Waals surface area contributed by atoms with Gasteiger partial charge in [0.2, 0.25) is 0 Å². The molecule has 1 aromatic carbocycles. The third kappa shape index (κ3) is 7.45. The third-order valence-corrected chi connectivity index (χ3v) is 2.68. The lowest BCUT2D eigenvalue weighted by Crippen LogP contribution is -2.12. The predicted octanol–water partition coefficient (Wildman–Crippen LogP) is 1.76. The van der Waals surface area contributed by atoms with Gasteiger partial charge in [0, 0.05) is 13.2 Å². The minimum absolute atomic E-state index is 0.0130. The molecule has 0 aromatic heterocycles. The lowest BCUT2D eigenvalue weighted by atomic mass is 10.1. The molecule has 5 heteroatoms. The smallest absolute Gasteiger partial charge is 0.119 e. The maximum Gasteiger partial charge on any atom is 0.119 e. The van der Waals surface area contributed by atoms with Crippen LogP contribution < -0.4 is 10.5 Å². The van der Waals surface area contributed by atoms with Crippen LogP contribution in [0.1, 0.15) is 18.5 Å². The Balaban J connectivity index is 2.05. The molecular formula is C15H25NO4. The second-order valence-electron chi connectivity index (χ2n) is 4.43. The van der Waals surface area contributed by atoms with Gasteiger partial charge < -0.3 is 24.7 Å². The number of nitrogens with two attached hydrogens (primary N) is 1. The second kappa shape index (κ2) is 10.6. The SMILES string of the molecule is COCCOCCOCCOc1cccc(C(C)N)c1. The molecule has 0 radical (unpaired) electrons. The van der Waals surface area contributed by atoms with E-state index in [1.807, 2.05) is 31.2 Å². The van der Waals surface area contributed by atoms with Crippen LogP contribution in [0.4, 0.5) is 0 Å². The predicted molar refractivity (Wildman–Crippen MR) is 78.1 cm³/mol. The molecule has 0 aliphatic heterocycles. The van der Waals surface area contributed by atoms with Crippen molar-refractivity contribution >= 4 is 0 Å². The summed E-state index contributed by atoms with van der Waals surface area (Å²) in [6, 6.07) is 7.82. The average Bonchev–Trinajstić information content (AvgIpc) is 2.46. The van der Waals surface area contributed by atoms with E-state index in [0.29, 0.717) is 39.6 Å². The molecule has 0 aliphatic rings. The van der Waals surface area contributed by atoms with Gasteiger partial charge in [0.1, 0.15) is 12.4 Å². The van der Waals surface area contributed by atoms with Crippen LogP contribution in [-0.4, -0.2) is 46.8 Å². The van der Waals surface area contributed by atoms with Crippen molar-refractivity contribution in [1.82, 2.24) is 0 Å². The molecular weight excluding hydrogens is 258 g/mol. The highest BCUT2D eigenvalue weighted by Gasteiger charge is 2.01. The maximum absolute atomic E-state index is 5.82. The standard InChI is InChI=1S/C15H25NO4/c1-13(16)14-4-3-5-15(12-14)20-11-10-19-9-8-18-7-6-17-2/h3-5,12-13H,6-11,16H2,1-2H3. The van der Waals surface area contributed by atoms with Gasteiger partial charge in [0.25, 0.3) is 0 Å². The Morgan fingerprint density at radius 3 is 2.30 bits per heavy atom. The average molecular weight is 283 g/mol. The van der Waals surface area contributed by atoms with Crippen LogP contribution in [0.15, 0.2) is 24.3 Å². The highest BCUT2D eigenvalue weighted by Crippen LogP contribution is 2.17. The van der Waals surface area contributed by atoms with Crippen molar-refractivity contribution in [3.05, 3.63) is 29.8 Å². The first-order valence-corrected chi connectivity index (χ1v) is 6.87. The van der Waals surface area contributed by atoms with Crippen molar-refractivity contribution in [2.24, 2.45) is 5.73 Å². The fourth-order valence-electron chi connectivity index (χ4n) is 1.57. The number of ether oxygens (including phenoxy) is 4. The van der Waals surface area contributed by atoms with E-state index < -0.39 is 0 Å². The Labute approximate surface area is 121 Å². The molecule has 0 amide bonds. The lowest BCUT2D eigenvalue weighted by Gasteiger charge is -2.10. The zero-order valence-electron chi connectivity index (χ0n) is 12.3. The van der Waals surface area contributed by atoms with E-state index in [0.717, 1.165) is 11.3 Å². The van der Waals surface area contributed by atoms with E-state index >= 15 is 0 Å². The van der Waals surface area contributed by atoms with Crippen LogP contribution in [0.5, 0.6) is 5.75 Å². The monoisotopic (exact) mass is 283 g/mol. The number of hydrogen-bond donors (Lipinski definition) is 1. The summed E-state index contributed by atoms with van der Waals surface area (Å²) < 4.78 is 21.1. The van der Waals surface area contributed by atoms with Gasteiger partial charge in [-0.05, 0) is 24.6 Å². The van der Waals surface area contributed by atoms with Gasteiger partial charge in [0.15, 0.2) is 0 Å². The van der Waals surface area contributed by atoms with E-state index in [1.54, 1.807) is 7.11 Å². The number of methoxy groups -OCH3 is 1. The van der Waals surface area contributed by atoms with Crippen LogP contribution in [0.2, 0.25) is 0 Å². The van der Waals surface area contributed by atoms with E-state index in [-0.39, 0.29) is 6.04 Å². The van der Waals surface area contributed by atoms with E-state index in [4.69, 9.17) is 24.7 Å². The van der Waals surface area contributed by atoms with Crippen molar-refractivity contribution in [1.29, 1.82) is 0 Å². The van der Waals surface area contributed by atoms with E-state index in [1.165, 1.54) is 0 Å². The molecule has 20 heavy (non-hydrogen) atoms. The van der Waals surface area contributed by atoms with Crippen molar-refractivity contribution in [2.45, 2.75) is 13.0 Å². The first-order valence-electron chi connectivity index (χ1n) is 6.87. The zero-order valence-corrected chi connectivity index (χ0v) is 12.3. The van der Waals surface area contributed by atoms with Gasteiger partial charge in [-0.15, -0.1) is 0 Å². The summed E-state index contributed by atoms with van der Waals surface area (Å²) in [6.07, 6.45) is 0. The summed E-state index contributed by atoms with van der Waals surface area (Å²) in [4.78, 5) is 0. The molecule has 1 atom stereocenters. The Morgan fingerprint density at radius 2 is 1.65 bits per heavy atom. The molecule has 5 nitrogen and oxygen atoms in total. The summed E-state index contributed by atoms with van der Waals surface area (Å²) in [5.74, 6) is 0.819. The lowest BCUT2D eigenvalue weighted by molar-refractivity contribution is 0.0179. The zero-order chi connectivity index (χ0) is 14.6. The topological polar surface area (TPSA) is 62.9 Å². The molecule has 0 fully saturated rings. The van der Waals surface area contributed by atoms with E-state index in [9.17, 15) is 0 Å². The minimum atomic E-state index is 0.0130. The number of benzene rings is 1. The Hall–Kier alpha value is -1.14. The van der Waals surface area contributed by atoms with Crippen LogP contribution in [0.25, 0.3) is 0 Å². The summed E-state index contributed by atoms with van der Waals surface area (Å²) in [7, 11) is 1.65. The normalized spacial score (nSPS) is 12.3. The van der Waals surface area contributed by atoms with Gasteiger partial charge in [-0.25, -0.2) is 0 Å². The van der Waals surface area contributed by atoms with Crippen molar-refractivity contribution in [3.8, 4) is 5.75 Å². The summed E-state index contributed by atoms with van der Waals surface area (Å²) in [5.41, 5.74) is 6.89. The molecule has 0 aliphatic carbocycles. The van der Waals surface area contributed by atoms with Gasteiger partial charge >= 0.3 is 0 Å². The molecule has 114 valence electrons. The molecule has 0 saturated heterocycles. The maximum atomic E-state index is 5.82. The van der Waals surface area contributed by atoms with Crippen LogP contribution >= 0.6 is 0 Å². The molecule has 1 aromatic rings. The van der Waals surface area contributed by atoms with Gasteiger partial charge in [-0.3, -0.25) is 0 Å². The van der Waals surface area contributed by atoms with Crippen molar-refractivity contribution < 1.29 is 18.9 Å². The summed E-state index contributed by atoms with van der Waals surface area (Å²) in [5, 5.41) is 0. The Kier molecular flexibility index (Phi) is 8.98. The minimum Gasteiger partial charge on any atom is -0.491 e. The van der Waals surface area contributed by atoms with Gasteiger partial charge in [0.05, 0.1) is 33.0 Å². The fraction of sp³-hybridized carbons (Fsp3) is 0.600. The second-order valence-corrected chi connectivity index (χ2v) is 4.43. The summed E-state index contributed by atoms with van der Waals surface area (Å²) in [6.45, 7) is 5.35. The number of rotatable bonds is 11. The number of hydrogen-bond acceptors (Lipinski definition) is 5. The molecule has 0 heterocycles. The Morgan fingerprint density at radius 1 is 1.00 bits per heavy atom.